The fourth-order valence-electron chi connectivity index (χ4n) is 7.24. The number of para-hydroxylation sites is 1. The molecule has 5 aromatic carbocycles. The maximum absolute atomic E-state index is 4.75. The average molecular weight is 840 g/mol. The minimum atomic E-state index is 0. The number of hydrogen-bond donors (Lipinski definition) is 0. The molecule has 0 aliphatic carbocycles. The number of thiophene rings is 1. The third-order valence-corrected chi connectivity index (χ3v) is 10.4. The summed E-state index contributed by atoms with van der Waals surface area (Å²) in [5.41, 5.74) is 9.38. The molecule has 0 atom stereocenters. The number of rotatable bonds is 3. The van der Waals surface area contributed by atoms with E-state index in [1.807, 2.05) is 60.0 Å². The zero-order valence-electron chi connectivity index (χ0n) is 28.0. The van der Waals surface area contributed by atoms with Crippen LogP contribution in [0.1, 0.15) is 26.3 Å². The third-order valence-electron chi connectivity index (χ3n) is 9.22. The minimum absolute atomic E-state index is 0. The first kappa shape index (κ1) is 32.3. The van der Waals surface area contributed by atoms with Crippen molar-refractivity contribution >= 4 is 69.6 Å². The van der Waals surface area contributed by atoms with E-state index in [-0.39, 0.29) is 25.5 Å². The van der Waals surface area contributed by atoms with Crippen LogP contribution in [0.3, 0.4) is 0 Å². The molecular formula is C45H33IrN3S-2. The first-order valence-electron chi connectivity index (χ1n) is 16.7. The molecule has 0 N–H and O–H groups in total. The van der Waals surface area contributed by atoms with Crippen molar-refractivity contribution in [2.75, 3.05) is 0 Å². The summed E-state index contributed by atoms with van der Waals surface area (Å²) in [6.45, 7) is 6.84. The fourth-order valence-corrected chi connectivity index (χ4v) is 8.48. The van der Waals surface area contributed by atoms with Gasteiger partial charge in [-0.15, -0.1) is 71.0 Å². The Morgan fingerprint density at radius 1 is 0.640 bits per heavy atom. The van der Waals surface area contributed by atoms with Crippen LogP contribution in [0.4, 0.5) is 0 Å². The largest absolute Gasteiger partial charge is 0.350 e. The van der Waals surface area contributed by atoms with Crippen LogP contribution >= 0.6 is 11.3 Å². The first-order valence-corrected chi connectivity index (χ1v) is 17.5. The van der Waals surface area contributed by atoms with Gasteiger partial charge in [-0.1, -0.05) is 86.3 Å². The minimum Gasteiger partial charge on any atom is -0.350 e. The van der Waals surface area contributed by atoms with Gasteiger partial charge in [0.15, 0.2) is 0 Å². The smallest absolute Gasteiger partial charge is 0.0531 e. The second-order valence-corrected chi connectivity index (χ2v) is 15.0. The van der Waals surface area contributed by atoms with Crippen molar-refractivity contribution in [2.24, 2.45) is 5.41 Å². The zero-order valence-corrected chi connectivity index (χ0v) is 31.2. The molecule has 245 valence electrons. The van der Waals surface area contributed by atoms with E-state index in [0.29, 0.717) is 0 Å². The molecule has 0 aliphatic rings. The van der Waals surface area contributed by atoms with E-state index in [9.17, 15) is 0 Å². The van der Waals surface area contributed by atoms with Crippen LogP contribution in [0.5, 0.6) is 0 Å². The molecule has 0 amide bonds. The van der Waals surface area contributed by atoms with Crippen molar-refractivity contribution in [3.63, 3.8) is 0 Å². The Labute approximate surface area is 308 Å². The van der Waals surface area contributed by atoms with Crippen LogP contribution in [0, 0.1) is 17.5 Å². The van der Waals surface area contributed by atoms with Gasteiger partial charge in [-0.25, -0.2) is 0 Å². The molecule has 0 unspecified atom stereocenters. The second kappa shape index (κ2) is 12.8. The Morgan fingerprint density at radius 3 is 2.22 bits per heavy atom. The summed E-state index contributed by atoms with van der Waals surface area (Å²) in [4.78, 5) is 8.96. The van der Waals surface area contributed by atoms with Crippen LogP contribution in [0.25, 0.3) is 80.8 Å². The molecular weight excluding hydrogens is 807 g/mol. The van der Waals surface area contributed by atoms with Gasteiger partial charge < -0.3 is 14.4 Å². The molecule has 0 aliphatic heterocycles. The van der Waals surface area contributed by atoms with E-state index >= 15 is 0 Å². The van der Waals surface area contributed by atoms with Gasteiger partial charge in [0.1, 0.15) is 0 Å². The zero-order chi connectivity index (χ0) is 33.1. The molecule has 50 heavy (non-hydrogen) atoms. The van der Waals surface area contributed by atoms with Gasteiger partial charge in [0.25, 0.3) is 0 Å². The van der Waals surface area contributed by atoms with Gasteiger partial charge in [-0.3, -0.25) is 0 Å². The summed E-state index contributed by atoms with van der Waals surface area (Å²) in [7, 11) is 0. The number of nitrogens with zero attached hydrogens (tertiary/aromatic N) is 3. The molecule has 0 saturated carbocycles. The van der Waals surface area contributed by atoms with E-state index in [0.717, 1.165) is 28.9 Å². The monoisotopic (exact) mass is 840 g/mol. The first-order chi connectivity index (χ1) is 23.9. The number of fused-ring (bicyclic) bond motifs is 10. The quantitative estimate of drug-likeness (QED) is 0.166. The summed E-state index contributed by atoms with van der Waals surface area (Å²) >= 11 is 1.91. The average Bonchev–Trinajstić information content (AvgIpc) is 3.78. The van der Waals surface area contributed by atoms with Gasteiger partial charge in [-0.05, 0) is 64.5 Å². The van der Waals surface area contributed by atoms with Crippen LogP contribution in [-0.2, 0) is 26.5 Å². The SMILES string of the molecule is CC(C)(C)Cc1ccnc(-c2[c-]cc3c(c2)c2cc4c5ccccc5sc4c4c5ccccc5n3c24)c1.[Ir].[c-]1ccccc1-c1ccccn1. The summed E-state index contributed by atoms with van der Waals surface area (Å²) in [5, 5.41) is 7.94. The summed E-state index contributed by atoms with van der Waals surface area (Å²) in [5.74, 6) is 0. The molecule has 0 bridgehead atoms. The number of benzene rings is 5. The molecule has 5 heteroatoms. The predicted octanol–water partition coefficient (Wildman–Crippen LogP) is 12.2. The molecule has 10 aromatic rings. The standard InChI is InChI=1S/C34H25N2S.C11H8N.Ir/c1-34(2,3)19-20-14-15-35-27(16-20)21-12-13-29-24(17-21)25-18-26-22-8-5-7-11-30(22)37-33(26)31-23-9-4-6-10-28(23)36(29)32(25)31;1-2-6-10(7-3-1)11-8-4-5-9-12-11;/h4-11,13-18H,19H2,1-3H3;1-6,8-9H;/q2*-1;. The Morgan fingerprint density at radius 2 is 1.42 bits per heavy atom. The van der Waals surface area contributed by atoms with E-state index in [4.69, 9.17) is 4.98 Å². The maximum Gasteiger partial charge on any atom is 0.0531 e. The Kier molecular flexibility index (Phi) is 8.23. The molecule has 0 saturated heterocycles. The van der Waals surface area contributed by atoms with Crippen molar-refractivity contribution in [1.29, 1.82) is 0 Å². The number of pyridine rings is 2. The number of hydrogen-bond acceptors (Lipinski definition) is 3. The van der Waals surface area contributed by atoms with Crippen molar-refractivity contribution in [3.8, 4) is 22.5 Å². The summed E-state index contributed by atoms with van der Waals surface area (Å²) < 4.78 is 5.17. The Hall–Kier alpha value is -4.93. The normalized spacial score (nSPS) is 11.8. The van der Waals surface area contributed by atoms with Crippen LogP contribution in [0.2, 0.25) is 0 Å². The molecule has 3 nitrogen and oxygen atoms in total. The topological polar surface area (TPSA) is 30.2 Å². The molecule has 0 fully saturated rings. The predicted molar refractivity (Wildman–Crippen MR) is 208 cm³/mol. The van der Waals surface area contributed by atoms with Crippen LogP contribution in [0.15, 0.2) is 134 Å². The molecule has 1 radical (unpaired) electrons. The van der Waals surface area contributed by atoms with Gasteiger partial charge in [-0.2, -0.15) is 0 Å². The fraction of sp³-hybridized carbons (Fsp3) is 0.111. The van der Waals surface area contributed by atoms with Crippen molar-refractivity contribution in [1.82, 2.24) is 14.4 Å². The van der Waals surface area contributed by atoms with Gasteiger partial charge in [0.05, 0.1) is 5.52 Å². The van der Waals surface area contributed by atoms with Gasteiger partial charge in [0.2, 0.25) is 0 Å². The van der Waals surface area contributed by atoms with Crippen molar-refractivity contribution < 1.29 is 20.1 Å². The molecule has 0 spiro atoms. The van der Waals surface area contributed by atoms with E-state index in [2.05, 4.69) is 121 Å². The van der Waals surface area contributed by atoms with Crippen molar-refractivity contribution in [2.45, 2.75) is 27.2 Å². The number of aromatic nitrogens is 3. The molecule has 5 heterocycles. The molecule has 5 aromatic heterocycles. The second-order valence-electron chi connectivity index (χ2n) is 13.9. The third kappa shape index (κ3) is 5.56. The van der Waals surface area contributed by atoms with E-state index in [1.165, 1.54) is 63.8 Å². The Bertz CT molecular complexity index is 2740. The maximum atomic E-state index is 4.75. The van der Waals surface area contributed by atoms with Gasteiger partial charge in [0, 0.05) is 69.0 Å². The van der Waals surface area contributed by atoms with Gasteiger partial charge >= 0.3 is 0 Å². The van der Waals surface area contributed by atoms with E-state index < -0.39 is 0 Å². The van der Waals surface area contributed by atoms with Crippen LogP contribution < -0.4 is 0 Å². The summed E-state index contributed by atoms with van der Waals surface area (Å²) in [6.07, 6.45) is 4.75. The Balaban J connectivity index is 0.000000236. The van der Waals surface area contributed by atoms with E-state index in [1.54, 1.807) is 6.20 Å². The van der Waals surface area contributed by atoms with Crippen LogP contribution in [-0.4, -0.2) is 14.4 Å². The van der Waals surface area contributed by atoms with Crippen molar-refractivity contribution in [3.05, 3.63) is 151 Å². The summed E-state index contributed by atoms with van der Waals surface area (Å²) in [6, 6.07) is 49.3. The molecule has 10 rings (SSSR count).